The van der Waals surface area contributed by atoms with Crippen molar-refractivity contribution < 1.29 is 9.84 Å². The molecule has 0 aliphatic rings. The van der Waals surface area contributed by atoms with Crippen LogP contribution in [0.5, 0.6) is 0 Å². The van der Waals surface area contributed by atoms with Gasteiger partial charge in [-0.25, -0.2) is 0 Å². The summed E-state index contributed by atoms with van der Waals surface area (Å²) >= 11 is 12.2. The molecule has 96 valence electrons. The van der Waals surface area contributed by atoms with Crippen molar-refractivity contribution in [1.82, 2.24) is 0 Å². The highest BCUT2D eigenvalue weighted by Crippen LogP contribution is 2.35. The quantitative estimate of drug-likeness (QED) is 0.843. The lowest BCUT2D eigenvalue weighted by molar-refractivity contribution is -0.0180. The molecular weight excluding hydrogens is 259 g/mol. The Morgan fingerprint density at radius 1 is 1.29 bits per heavy atom. The number of unbranched alkanes of at least 4 members (excludes halogenated alkanes) is 1. The molecule has 2 atom stereocenters. The molecule has 0 spiro atoms. The van der Waals surface area contributed by atoms with E-state index in [2.05, 4.69) is 6.92 Å². The summed E-state index contributed by atoms with van der Waals surface area (Å²) in [6.45, 7) is 2.08. The second-order valence-electron chi connectivity index (χ2n) is 4.00. The molecule has 0 radical (unpaired) electrons. The molecular formula is C13H18Cl2O2. The van der Waals surface area contributed by atoms with E-state index in [0.717, 1.165) is 12.8 Å². The summed E-state index contributed by atoms with van der Waals surface area (Å²) in [6, 6.07) is 5.28. The summed E-state index contributed by atoms with van der Waals surface area (Å²) in [7, 11) is 1.56. The molecule has 0 amide bonds. The van der Waals surface area contributed by atoms with E-state index < -0.39 is 12.2 Å². The Balaban J connectivity index is 2.93. The third-order valence-corrected chi connectivity index (χ3v) is 3.40. The number of rotatable bonds is 6. The fraction of sp³-hybridized carbons (Fsp3) is 0.538. The van der Waals surface area contributed by atoms with E-state index in [9.17, 15) is 5.11 Å². The molecule has 1 N–H and O–H groups in total. The van der Waals surface area contributed by atoms with E-state index in [-0.39, 0.29) is 0 Å². The molecule has 17 heavy (non-hydrogen) atoms. The molecule has 0 bridgehead atoms. The van der Waals surface area contributed by atoms with Crippen molar-refractivity contribution in [3.8, 4) is 0 Å². The highest BCUT2D eigenvalue weighted by atomic mass is 35.5. The molecule has 0 unspecified atom stereocenters. The number of halogens is 2. The number of ether oxygens (including phenoxy) is 1. The minimum Gasteiger partial charge on any atom is -0.390 e. The van der Waals surface area contributed by atoms with Crippen LogP contribution in [0.2, 0.25) is 10.0 Å². The topological polar surface area (TPSA) is 29.5 Å². The number of hydrogen-bond donors (Lipinski definition) is 1. The zero-order chi connectivity index (χ0) is 12.8. The predicted octanol–water partition coefficient (Wildman–Crippen LogP) is 4.23. The van der Waals surface area contributed by atoms with Gasteiger partial charge in [0.2, 0.25) is 0 Å². The highest BCUT2D eigenvalue weighted by Gasteiger charge is 2.24. The average molecular weight is 277 g/mol. The minimum atomic E-state index is -0.586. The maximum atomic E-state index is 10.1. The van der Waals surface area contributed by atoms with Gasteiger partial charge in [-0.2, -0.15) is 0 Å². The number of aliphatic hydroxyl groups excluding tert-OH is 1. The van der Waals surface area contributed by atoms with Gasteiger partial charge in [0.05, 0.1) is 6.10 Å². The van der Waals surface area contributed by atoms with Crippen LogP contribution in [0.3, 0.4) is 0 Å². The molecule has 0 aliphatic heterocycles. The standard InChI is InChI=1S/C13H18Cl2O2/c1-3-4-8-11(16)13(17-2)12-9(14)6-5-7-10(12)15/h5-7,11,13,16H,3-4,8H2,1-2H3/t11-,13+/m0/s1. The molecule has 0 saturated carbocycles. The van der Waals surface area contributed by atoms with E-state index in [1.807, 2.05) is 0 Å². The van der Waals surface area contributed by atoms with Crippen LogP contribution in [0.4, 0.5) is 0 Å². The first kappa shape index (κ1) is 14.8. The summed E-state index contributed by atoms with van der Waals surface area (Å²) in [5.41, 5.74) is 0.668. The Morgan fingerprint density at radius 2 is 1.88 bits per heavy atom. The van der Waals surface area contributed by atoms with Crippen LogP contribution >= 0.6 is 23.2 Å². The van der Waals surface area contributed by atoms with Crippen molar-refractivity contribution in [2.24, 2.45) is 0 Å². The SMILES string of the molecule is CCCC[C@H](O)[C@@H](OC)c1c(Cl)cccc1Cl. The summed E-state index contributed by atoms with van der Waals surface area (Å²) in [6.07, 6.45) is 1.60. The molecule has 1 rings (SSSR count). The van der Waals surface area contributed by atoms with Gasteiger partial charge in [0, 0.05) is 22.7 Å². The summed E-state index contributed by atoms with van der Waals surface area (Å²) in [5, 5.41) is 11.2. The van der Waals surface area contributed by atoms with Gasteiger partial charge in [-0.3, -0.25) is 0 Å². The zero-order valence-corrected chi connectivity index (χ0v) is 11.6. The van der Waals surface area contributed by atoms with Crippen molar-refractivity contribution in [3.05, 3.63) is 33.8 Å². The molecule has 2 nitrogen and oxygen atoms in total. The number of hydrogen-bond acceptors (Lipinski definition) is 2. The van der Waals surface area contributed by atoms with Crippen molar-refractivity contribution in [1.29, 1.82) is 0 Å². The van der Waals surface area contributed by atoms with Gasteiger partial charge in [-0.05, 0) is 18.6 Å². The van der Waals surface area contributed by atoms with Crippen molar-refractivity contribution in [3.63, 3.8) is 0 Å². The van der Waals surface area contributed by atoms with E-state index >= 15 is 0 Å². The van der Waals surface area contributed by atoms with Crippen LogP contribution in [-0.2, 0) is 4.74 Å². The first-order valence-corrected chi connectivity index (χ1v) is 6.52. The first-order chi connectivity index (χ1) is 8.11. The highest BCUT2D eigenvalue weighted by molar-refractivity contribution is 6.36. The molecule has 0 aliphatic carbocycles. The normalized spacial score (nSPS) is 14.6. The van der Waals surface area contributed by atoms with Crippen LogP contribution in [0.1, 0.15) is 37.9 Å². The predicted molar refractivity (Wildman–Crippen MR) is 71.7 cm³/mol. The van der Waals surface area contributed by atoms with Crippen molar-refractivity contribution in [2.45, 2.75) is 38.4 Å². The van der Waals surface area contributed by atoms with Crippen LogP contribution in [0.25, 0.3) is 0 Å². The second kappa shape index (κ2) is 7.22. The van der Waals surface area contributed by atoms with Gasteiger partial charge < -0.3 is 9.84 Å². The average Bonchev–Trinajstić information content (AvgIpc) is 2.31. The van der Waals surface area contributed by atoms with Gasteiger partial charge in [0.15, 0.2) is 0 Å². The second-order valence-corrected chi connectivity index (χ2v) is 4.82. The van der Waals surface area contributed by atoms with Crippen molar-refractivity contribution >= 4 is 23.2 Å². The van der Waals surface area contributed by atoms with E-state index in [4.69, 9.17) is 27.9 Å². The Morgan fingerprint density at radius 3 is 2.35 bits per heavy atom. The smallest absolute Gasteiger partial charge is 0.111 e. The Bertz CT molecular complexity index is 335. The van der Waals surface area contributed by atoms with Gasteiger partial charge >= 0.3 is 0 Å². The lowest BCUT2D eigenvalue weighted by Gasteiger charge is -2.23. The molecule has 1 aromatic rings. The van der Waals surface area contributed by atoms with Crippen LogP contribution < -0.4 is 0 Å². The first-order valence-electron chi connectivity index (χ1n) is 5.76. The fourth-order valence-electron chi connectivity index (χ4n) is 1.81. The number of benzene rings is 1. The van der Waals surface area contributed by atoms with Crippen LogP contribution in [0, 0.1) is 0 Å². The van der Waals surface area contributed by atoms with Gasteiger partial charge in [0.25, 0.3) is 0 Å². The number of methoxy groups -OCH3 is 1. The van der Waals surface area contributed by atoms with Crippen LogP contribution in [-0.4, -0.2) is 18.3 Å². The summed E-state index contributed by atoms with van der Waals surface area (Å²) < 4.78 is 5.34. The van der Waals surface area contributed by atoms with Gasteiger partial charge in [-0.1, -0.05) is 49.0 Å². The lowest BCUT2D eigenvalue weighted by atomic mass is 10.00. The third-order valence-electron chi connectivity index (χ3n) is 2.74. The Labute approximate surface area is 113 Å². The maximum Gasteiger partial charge on any atom is 0.111 e. The largest absolute Gasteiger partial charge is 0.390 e. The molecule has 0 heterocycles. The summed E-state index contributed by atoms with van der Waals surface area (Å²) in [4.78, 5) is 0. The zero-order valence-electron chi connectivity index (χ0n) is 10.1. The molecule has 0 aromatic heterocycles. The molecule has 1 aromatic carbocycles. The fourth-order valence-corrected chi connectivity index (χ4v) is 2.43. The Hall–Kier alpha value is -0.280. The number of aliphatic hydroxyl groups is 1. The monoisotopic (exact) mass is 276 g/mol. The summed E-state index contributed by atoms with van der Waals surface area (Å²) in [5.74, 6) is 0. The Kier molecular flexibility index (Phi) is 6.28. The maximum absolute atomic E-state index is 10.1. The van der Waals surface area contributed by atoms with E-state index in [0.29, 0.717) is 22.0 Å². The van der Waals surface area contributed by atoms with E-state index in [1.54, 1.807) is 25.3 Å². The van der Waals surface area contributed by atoms with E-state index in [1.165, 1.54) is 0 Å². The lowest BCUT2D eigenvalue weighted by Crippen LogP contribution is -2.21. The molecule has 0 fully saturated rings. The third kappa shape index (κ3) is 3.85. The van der Waals surface area contributed by atoms with Gasteiger partial charge in [0.1, 0.15) is 6.10 Å². The van der Waals surface area contributed by atoms with Crippen molar-refractivity contribution in [2.75, 3.05) is 7.11 Å². The molecule has 0 saturated heterocycles. The molecule has 4 heteroatoms. The van der Waals surface area contributed by atoms with Crippen LogP contribution in [0.15, 0.2) is 18.2 Å². The minimum absolute atomic E-state index is 0.470. The van der Waals surface area contributed by atoms with Gasteiger partial charge in [-0.15, -0.1) is 0 Å².